The highest BCUT2D eigenvalue weighted by Gasteiger charge is 2.15. The zero-order chi connectivity index (χ0) is 15.3. The van der Waals surface area contributed by atoms with Crippen molar-refractivity contribution in [3.8, 4) is 11.5 Å². The van der Waals surface area contributed by atoms with Crippen molar-refractivity contribution in [3.05, 3.63) is 22.7 Å². The van der Waals surface area contributed by atoms with Gasteiger partial charge in [0.2, 0.25) is 0 Å². The van der Waals surface area contributed by atoms with Crippen LogP contribution in [0.15, 0.2) is 12.1 Å². The smallest absolute Gasteiger partial charge is 0.255 e. The second-order valence-corrected chi connectivity index (χ2v) is 5.38. The number of ether oxygens (including phenoxy) is 2. The molecule has 1 amide bonds. The van der Waals surface area contributed by atoms with Gasteiger partial charge in [0.05, 0.1) is 12.1 Å². The van der Waals surface area contributed by atoms with E-state index in [-0.39, 0.29) is 12.6 Å². The van der Waals surface area contributed by atoms with E-state index in [0.717, 1.165) is 5.56 Å². The summed E-state index contributed by atoms with van der Waals surface area (Å²) in [6.45, 7) is 3.88. The molecule has 4 N–H and O–H groups in total. The van der Waals surface area contributed by atoms with Gasteiger partial charge in [-0.25, -0.2) is 0 Å². The predicted molar refractivity (Wildman–Crippen MR) is 79.2 cm³/mol. The van der Waals surface area contributed by atoms with E-state index in [1.165, 1.54) is 7.11 Å². The van der Waals surface area contributed by atoms with Gasteiger partial charge >= 0.3 is 0 Å². The number of methoxy groups -OCH3 is 1. The van der Waals surface area contributed by atoms with E-state index in [9.17, 15) is 4.79 Å². The van der Waals surface area contributed by atoms with Crippen LogP contribution in [0.1, 0.15) is 19.4 Å². The van der Waals surface area contributed by atoms with Gasteiger partial charge in [-0.1, -0.05) is 25.4 Å². The number of primary amides is 1. The molecule has 6 heteroatoms. The molecule has 0 aliphatic rings. The van der Waals surface area contributed by atoms with Gasteiger partial charge in [-0.15, -0.1) is 0 Å². The van der Waals surface area contributed by atoms with Crippen LogP contribution in [0.4, 0.5) is 0 Å². The third kappa shape index (κ3) is 4.58. The molecule has 0 heterocycles. The molecule has 0 aliphatic carbocycles. The largest absolute Gasteiger partial charge is 0.493 e. The van der Waals surface area contributed by atoms with Crippen LogP contribution < -0.4 is 20.9 Å². The molecule has 0 spiro atoms. The maximum atomic E-state index is 10.8. The number of benzene rings is 1. The van der Waals surface area contributed by atoms with Crippen LogP contribution in [0.25, 0.3) is 0 Å². The maximum absolute atomic E-state index is 10.8. The van der Waals surface area contributed by atoms with E-state index in [0.29, 0.717) is 28.9 Å². The Morgan fingerprint density at radius 2 is 2.05 bits per heavy atom. The summed E-state index contributed by atoms with van der Waals surface area (Å²) >= 11 is 6.16. The molecule has 1 aromatic rings. The van der Waals surface area contributed by atoms with Gasteiger partial charge in [-0.3, -0.25) is 4.79 Å². The van der Waals surface area contributed by atoms with Crippen molar-refractivity contribution in [3.63, 3.8) is 0 Å². The van der Waals surface area contributed by atoms with Crippen LogP contribution in [0.5, 0.6) is 11.5 Å². The van der Waals surface area contributed by atoms with Gasteiger partial charge in [-0.05, 0) is 30.0 Å². The van der Waals surface area contributed by atoms with Crippen LogP contribution in [0, 0.1) is 5.92 Å². The Bertz CT molecular complexity index is 478. The van der Waals surface area contributed by atoms with E-state index in [2.05, 4.69) is 13.8 Å². The quantitative estimate of drug-likeness (QED) is 0.803. The Hall–Kier alpha value is -1.46. The van der Waals surface area contributed by atoms with Crippen LogP contribution in [-0.2, 0) is 11.2 Å². The van der Waals surface area contributed by atoms with E-state index < -0.39 is 5.91 Å². The topological polar surface area (TPSA) is 87.6 Å². The number of hydrogen-bond acceptors (Lipinski definition) is 4. The number of hydrogen-bond donors (Lipinski definition) is 2. The zero-order valence-electron chi connectivity index (χ0n) is 12.0. The van der Waals surface area contributed by atoms with Gasteiger partial charge in [0.15, 0.2) is 18.1 Å². The fraction of sp³-hybridized carbons (Fsp3) is 0.500. The molecular formula is C14H21ClN2O3. The molecule has 0 bridgehead atoms. The summed E-state index contributed by atoms with van der Waals surface area (Å²) in [7, 11) is 1.51. The SMILES string of the molecule is COc1cc(CC(N)C(C)C)cc(Cl)c1OCC(N)=O. The number of carbonyl (C=O) groups excluding carboxylic acids is 1. The second-order valence-electron chi connectivity index (χ2n) is 4.98. The van der Waals surface area contributed by atoms with Gasteiger partial charge < -0.3 is 20.9 Å². The average molecular weight is 301 g/mol. The zero-order valence-corrected chi connectivity index (χ0v) is 12.7. The van der Waals surface area contributed by atoms with Gasteiger partial charge in [0, 0.05) is 6.04 Å². The lowest BCUT2D eigenvalue weighted by Gasteiger charge is -2.18. The Morgan fingerprint density at radius 3 is 2.55 bits per heavy atom. The van der Waals surface area contributed by atoms with E-state index in [1.54, 1.807) is 6.07 Å². The van der Waals surface area contributed by atoms with Crippen LogP contribution in [-0.4, -0.2) is 25.7 Å². The second kappa shape index (κ2) is 7.36. The van der Waals surface area contributed by atoms with Crippen molar-refractivity contribution in [2.75, 3.05) is 13.7 Å². The first-order valence-corrected chi connectivity index (χ1v) is 6.76. The van der Waals surface area contributed by atoms with Gasteiger partial charge in [0.1, 0.15) is 0 Å². The Kier molecular flexibility index (Phi) is 6.10. The van der Waals surface area contributed by atoms with Crippen LogP contribution in [0.2, 0.25) is 5.02 Å². The molecule has 1 aromatic carbocycles. The Labute approximate surface area is 124 Å². The van der Waals surface area contributed by atoms with E-state index in [1.807, 2.05) is 6.07 Å². The third-order valence-corrected chi connectivity index (χ3v) is 3.26. The molecular weight excluding hydrogens is 280 g/mol. The molecule has 1 unspecified atom stereocenters. The van der Waals surface area contributed by atoms with Crippen molar-refractivity contribution in [2.24, 2.45) is 17.4 Å². The molecule has 112 valence electrons. The van der Waals surface area contributed by atoms with Crippen molar-refractivity contribution in [2.45, 2.75) is 26.3 Å². The molecule has 5 nitrogen and oxygen atoms in total. The summed E-state index contributed by atoms with van der Waals surface area (Å²) in [6, 6.07) is 3.61. The first kappa shape index (κ1) is 16.6. The highest BCUT2D eigenvalue weighted by atomic mass is 35.5. The first-order chi connectivity index (χ1) is 9.35. The minimum atomic E-state index is -0.575. The van der Waals surface area contributed by atoms with Gasteiger partial charge in [-0.2, -0.15) is 0 Å². The number of amides is 1. The molecule has 1 rings (SSSR count). The molecule has 0 saturated carbocycles. The number of rotatable bonds is 7. The standard InChI is InChI=1S/C14H21ClN2O3/c1-8(2)11(16)5-9-4-10(15)14(12(6-9)19-3)20-7-13(17)18/h4,6,8,11H,5,7,16H2,1-3H3,(H2,17,18). The molecule has 0 aromatic heterocycles. The van der Waals surface area contributed by atoms with E-state index in [4.69, 9.17) is 32.5 Å². The average Bonchev–Trinajstić information content (AvgIpc) is 2.36. The minimum absolute atomic E-state index is 0.0353. The Morgan fingerprint density at radius 1 is 1.40 bits per heavy atom. The number of carbonyl (C=O) groups is 1. The van der Waals surface area contributed by atoms with Gasteiger partial charge in [0.25, 0.3) is 5.91 Å². The van der Waals surface area contributed by atoms with Crippen LogP contribution in [0.3, 0.4) is 0 Å². The lowest BCUT2D eigenvalue weighted by Crippen LogP contribution is -2.28. The van der Waals surface area contributed by atoms with Crippen molar-refractivity contribution < 1.29 is 14.3 Å². The Balaban J connectivity index is 2.97. The summed E-state index contributed by atoms with van der Waals surface area (Å²) in [4.78, 5) is 10.8. The molecule has 0 fully saturated rings. The van der Waals surface area contributed by atoms with E-state index >= 15 is 0 Å². The van der Waals surface area contributed by atoms with Crippen molar-refractivity contribution in [1.29, 1.82) is 0 Å². The molecule has 1 atom stereocenters. The van der Waals surface area contributed by atoms with Crippen molar-refractivity contribution in [1.82, 2.24) is 0 Å². The lowest BCUT2D eigenvalue weighted by atomic mass is 9.97. The predicted octanol–water partition coefficient (Wildman–Crippen LogP) is 1.74. The highest BCUT2D eigenvalue weighted by molar-refractivity contribution is 6.32. The number of nitrogens with two attached hydrogens (primary N) is 2. The number of halogens is 1. The molecule has 20 heavy (non-hydrogen) atoms. The first-order valence-electron chi connectivity index (χ1n) is 6.38. The summed E-state index contributed by atoms with van der Waals surface area (Å²) in [5.74, 6) is 0.569. The summed E-state index contributed by atoms with van der Waals surface area (Å²) in [5, 5.41) is 0.372. The lowest BCUT2D eigenvalue weighted by molar-refractivity contribution is -0.119. The highest BCUT2D eigenvalue weighted by Crippen LogP contribution is 2.36. The normalized spacial score (nSPS) is 12.3. The van der Waals surface area contributed by atoms with Crippen LogP contribution >= 0.6 is 11.6 Å². The van der Waals surface area contributed by atoms with Crippen molar-refractivity contribution >= 4 is 17.5 Å². The minimum Gasteiger partial charge on any atom is -0.493 e. The monoisotopic (exact) mass is 300 g/mol. The molecule has 0 saturated heterocycles. The molecule has 0 aliphatic heterocycles. The fourth-order valence-electron chi connectivity index (χ4n) is 1.68. The fourth-order valence-corrected chi connectivity index (χ4v) is 1.97. The third-order valence-electron chi connectivity index (χ3n) is 2.98. The maximum Gasteiger partial charge on any atom is 0.255 e. The molecule has 0 radical (unpaired) electrons. The summed E-state index contributed by atoms with van der Waals surface area (Å²) < 4.78 is 10.5. The summed E-state index contributed by atoms with van der Waals surface area (Å²) in [6.07, 6.45) is 0.684. The summed E-state index contributed by atoms with van der Waals surface area (Å²) in [5.41, 5.74) is 12.1.